The number of benzene rings is 2. The third-order valence-electron chi connectivity index (χ3n) is 5.50. The fourth-order valence-corrected chi connectivity index (χ4v) is 5.60. The molecule has 3 rings (SSSR count). The topological polar surface area (TPSA) is 107 Å². The van der Waals surface area contributed by atoms with E-state index in [1.807, 2.05) is 54.6 Å². The van der Waals surface area contributed by atoms with Gasteiger partial charge in [-0.1, -0.05) is 74.1 Å². The number of hydrogen-bond acceptors (Lipinski definition) is 6. The summed E-state index contributed by atoms with van der Waals surface area (Å²) in [6.45, 7) is 4.16. The van der Waals surface area contributed by atoms with Gasteiger partial charge in [-0.2, -0.15) is 0 Å². The lowest BCUT2D eigenvalue weighted by Gasteiger charge is -2.37. The van der Waals surface area contributed by atoms with Crippen LogP contribution in [0.25, 0.3) is 0 Å². The van der Waals surface area contributed by atoms with E-state index in [2.05, 4.69) is 13.8 Å². The molecule has 1 unspecified atom stereocenters. The molecule has 0 aliphatic carbocycles. The number of carbonyl (C=O) groups is 1. The standard InChI is InChI=1S/C24H29NO5S2/c1-17(2)19-12-6-7-13-21(19)31-22-20(26)16-24(30-23(22)27,18-10-4-3-5-11-18)14-8-9-15-32(25,28)29/h3-7,10-13,17,26H,8-9,14-16H2,1-2H3,(H2,25,28,29). The molecule has 0 bridgehead atoms. The molecule has 0 saturated carbocycles. The van der Waals surface area contributed by atoms with E-state index >= 15 is 0 Å². The number of hydrogen-bond donors (Lipinski definition) is 2. The molecule has 172 valence electrons. The van der Waals surface area contributed by atoms with Gasteiger partial charge in [0.15, 0.2) is 0 Å². The Morgan fingerprint density at radius 2 is 1.75 bits per heavy atom. The van der Waals surface area contributed by atoms with Crippen molar-refractivity contribution in [1.29, 1.82) is 0 Å². The Morgan fingerprint density at radius 3 is 2.38 bits per heavy atom. The number of aliphatic hydroxyl groups is 1. The van der Waals surface area contributed by atoms with Gasteiger partial charge in [0.2, 0.25) is 10.0 Å². The van der Waals surface area contributed by atoms with Crippen LogP contribution in [0.15, 0.2) is 70.2 Å². The first-order chi connectivity index (χ1) is 15.1. The van der Waals surface area contributed by atoms with Crippen LogP contribution in [0, 0.1) is 0 Å². The van der Waals surface area contributed by atoms with E-state index in [0.29, 0.717) is 19.3 Å². The number of unbranched alkanes of at least 4 members (excludes halogenated alkanes) is 1. The molecule has 1 atom stereocenters. The van der Waals surface area contributed by atoms with E-state index < -0.39 is 21.6 Å². The van der Waals surface area contributed by atoms with Crippen molar-refractivity contribution in [2.24, 2.45) is 5.14 Å². The van der Waals surface area contributed by atoms with E-state index in [-0.39, 0.29) is 28.8 Å². The Hall–Kier alpha value is -2.29. The summed E-state index contributed by atoms with van der Waals surface area (Å²) in [4.78, 5) is 14.2. The first kappa shape index (κ1) is 24.4. The summed E-state index contributed by atoms with van der Waals surface area (Å²) in [7, 11) is -3.56. The number of thioether (sulfide) groups is 1. The summed E-state index contributed by atoms with van der Waals surface area (Å²) in [5.41, 5.74) is 0.804. The first-order valence-corrected chi connectivity index (χ1v) is 13.1. The normalized spacial score (nSPS) is 19.3. The smallest absolute Gasteiger partial charge is 0.349 e. The van der Waals surface area contributed by atoms with Gasteiger partial charge >= 0.3 is 5.97 Å². The third kappa shape index (κ3) is 5.94. The second-order valence-electron chi connectivity index (χ2n) is 8.32. The number of nitrogens with two attached hydrogens (primary N) is 1. The molecule has 1 heterocycles. The van der Waals surface area contributed by atoms with Gasteiger partial charge < -0.3 is 9.84 Å². The monoisotopic (exact) mass is 475 g/mol. The molecule has 6 nitrogen and oxygen atoms in total. The van der Waals surface area contributed by atoms with E-state index in [1.54, 1.807) is 0 Å². The fourth-order valence-electron chi connectivity index (χ4n) is 3.89. The Kier molecular flexibility index (Phi) is 7.69. The summed E-state index contributed by atoms with van der Waals surface area (Å²) in [5, 5.41) is 16.1. The number of aliphatic hydroxyl groups excluding tert-OH is 1. The molecule has 0 aromatic heterocycles. The highest BCUT2D eigenvalue weighted by molar-refractivity contribution is 8.04. The molecule has 0 saturated heterocycles. The van der Waals surface area contributed by atoms with Crippen LogP contribution in [0.3, 0.4) is 0 Å². The van der Waals surface area contributed by atoms with Gasteiger partial charge in [-0.25, -0.2) is 18.4 Å². The summed E-state index contributed by atoms with van der Waals surface area (Å²) in [5.74, 6) is -0.461. The van der Waals surface area contributed by atoms with Crippen LogP contribution < -0.4 is 5.14 Å². The zero-order valence-corrected chi connectivity index (χ0v) is 19.9. The van der Waals surface area contributed by atoms with E-state index in [9.17, 15) is 18.3 Å². The molecular formula is C24H29NO5S2. The maximum absolute atomic E-state index is 13.1. The van der Waals surface area contributed by atoms with Gasteiger partial charge in [-0.3, -0.25) is 0 Å². The van der Waals surface area contributed by atoms with E-state index in [4.69, 9.17) is 9.88 Å². The Balaban J connectivity index is 1.89. The van der Waals surface area contributed by atoms with Crippen LogP contribution >= 0.6 is 11.8 Å². The van der Waals surface area contributed by atoms with Crippen molar-refractivity contribution in [3.63, 3.8) is 0 Å². The molecule has 0 spiro atoms. The molecule has 1 aliphatic rings. The highest BCUT2D eigenvalue weighted by atomic mass is 32.2. The Morgan fingerprint density at radius 1 is 1.09 bits per heavy atom. The molecule has 8 heteroatoms. The predicted octanol–water partition coefficient (Wildman–Crippen LogP) is 4.97. The number of ether oxygens (including phenoxy) is 1. The number of cyclic esters (lactones) is 1. The zero-order valence-electron chi connectivity index (χ0n) is 18.3. The van der Waals surface area contributed by atoms with Gasteiger partial charge in [-0.15, -0.1) is 0 Å². The van der Waals surface area contributed by atoms with Crippen LogP contribution in [0.5, 0.6) is 0 Å². The highest BCUT2D eigenvalue weighted by Gasteiger charge is 2.43. The molecule has 1 aliphatic heterocycles. The molecule has 0 amide bonds. The average Bonchev–Trinajstić information content (AvgIpc) is 2.74. The molecule has 2 aromatic carbocycles. The van der Waals surface area contributed by atoms with Crippen molar-refractivity contribution in [2.75, 3.05) is 5.75 Å². The van der Waals surface area contributed by atoms with Crippen LogP contribution in [0.1, 0.15) is 56.6 Å². The fraction of sp³-hybridized carbons (Fsp3) is 0.375. The maximum atomic E-state index is 13.1. The van der Waals surface area contributed by atoms with Crippen LogP contribution in [-0.4, -0.2) is 25.2 Å². The minimum Gasteiger partial charge on any atom is -0.511 e. The van der Waals surface area contributed by atoms with Gasteiger partial charge in [0.1, 0.15) is 16.3 Å². The SMILES string of the molecule is CC(C)c1ccccc1SC1=C(O)CC(CCCCS(N)(=O)=O)(c2ccccc2)OC1=O. The lowest BCUT2D eigenvalue weighted by Crippen LogP contribution is -2.37. The van der Waals surface area contributed by atoms with E-state index in [1.165, 1.54) is 11.8 Å². The second-order valence-corrected chi connectivity index (χ2v) is 11.1. The van der Waals surface area contributed by atoms with Gasteiger partial charge in [0, 0.05) is 4.90 Å². The molecule has 32 heavy (non-hydrogen) atoms. The largest absolute Gasteiger partial charge is 0.511 e. The molecule has 3 N–H and O–H groups in total. The first-order valence-electron chi connectivity index (χ1n) is 10.6. The van der Waals surface area contributed by atoms with Gasteiger partial charge in [0.25, 0.3) is 0 Å². The van der Waals surface area contributed by atoms with Crippen molar-refractivity contribution in [3.8, 4) is 0 Å². The van der Waals surface area contributed by atoms with Crippen molar-refractivity contribution < 1.29 is 23.1 Å². The number of sulfonamides is 1. The highest BCUT2D eigenvalue weighted by Crippen LogP contribution is 2.46. The second kappa shape index (κ2) is 10.1. The Bertz CT molecular complexity index is 1100. The lowest BCUT2D eigenvalue weighted by atomic mass is 9.83. The summed E-state index contributed by atoms with van der Waals surface area (Å²) < 4.78 is 28.5. The number of carbonyl (C=O) groups excluding carboxylic acids is 1. The Labute approximate surface area is 193 Å². The average molecular weight is 476 g/mol. The molecule has 2 aromatic rings. The molecule has 0 radical (unpaired) electrons. The van der Waals surface area contributed by atoms with Crippen LogP contribution in [0.4, 0.5) is 0 Å². The van der Waals surface area contributed by atoms with Crippen molar-refractivity contribution in [3.05, 3.63) is 76.4 Å². The van der Waals surface area contributed by atoms with Gasteiger partial charge in [-0.05, 0) is 42.4 Å². The minimum absolute atomic E-state index is 0.0138. The molecule has 0 fully saturated rings. The summed E-state index contributed by atoms with van der Waals surface area (Å²) in [6, 6.07) is 17.1. The number of rotatable bonds is 9. The predicted molar refractivity (Wildman–Crippen MR) is 127 cm³/mol. The lowest BCUT2D eigenvalue weighted by molar-refractivity contribution is -0.160. The minimum atomic E-state index is -3.56. The van der Waals surface area contributed by atoms with Crippen molar-refractivity contribution in [2.45, 2.75) is 55.9 Å². The number of esters is 1. The van der Waals surface area contributed by atoms with Crippen LogP contribution in [-0.2, 0) is 25.2 Å². The van der Waals surface area contributed by atoms with Crippen molar-refractivity contribution >= 4 is 27.8 Å². The maximum Gasteiger partial charge on any atom is 0.349 e. The number of primary sulfonamides is 1. The quantitative estimate of drug-likeness (QED) is 0.392. The summed E-state index contributed by atoms with van der Waals surface area (Å²) in [6.07, 6.45) is 1.33. The third-order valence-corrected chi connectivity index (χ3v) is 7.56. The molecular weight excluding hydrogens is 446 g/mol. The van der Waals surface area contributed by atoms with Crippen molar-refractivity contribution in [1.82, 2.24) is 0 Å². The zero-order chi connectivity index (χ0) is 23.4. The van der Waals surface area contributed by atoms with Gasteiger partial charge in [0.05, 0.1) is 12.2 Å². The summed E-state index contributed by atoms with van der Waals surface area (Å²) >= 11 is 1.22. The van der Waals surface area contributed by atoms with E-state index in [0.717, 1.165) is 16.0 Å². The van der Waals surface area contributed by atoms with Crippen LogP contribution in [0.2, 0.25) is 0 Å².